The first-order valence-corrected chi connectivity index (χ1v) is 24.4. The highest BCUT2D eigenvalue weighted by Crippen LogP contribution is 2.35. The Labute approximate surface area is 425 Å². The molecule has 1 fully saturated rings. The van der Waals surface area contributed by atoms with E-state index in [1.54, 1.807) is 16.0 Å². The quantitative estimate of drug-likeness (QED) is 0.0189. The number of piperidine rings is 1. The molecule has 406 valence electrons. The number of likely N-dealkylation sites (tertiary alicyclic amines) is 1. The van der Waals surface area contributed by atoms with Crippen LogP contribution < -0.4 is 43.2 Å². The number of halogens is 2. The predicted molar refractivity (Wildman–Crippen MR) is 277 cm³/mol. The van der Waals surface area contributed by atoms with Gasteiger partial charge in [0.1, 0.15) is 13.1 Å². The van der Waals surface area contributed by atoms with Gasteiger partial charge < -0.3 is 61.8 Å². The van der Waals surface area contributed by atoms with E-state index in [-0.39, 0.29) is 60.2 Å². The molecular weight excluding hydrogens is 937 g/mol. The number of nitrogens with zero attached hydrogens (tertiary/aromatic N) is 3. The average molecular weight is 1020 g/mol. The first-order chi connectivity index (χ1) is 34.7. The number of aliphatic hydroxyl groups excluding tert-OH is 1. The minimum atomic E-state index is -2.68. The molecule has 0 spiro atoms. The molecule has 2 aromatic carbocycles. The molecule has 20 nitrogen and oxygen atoms in total. The number of carbonyl (C=O) groups is 5. The fourth-order valence-corrected chi connectivity index (χ4v) is 8.10. The summed E-state index contributed by atoms with van der Waals surface area (Å²) in [5.74, 6) is -0.741. The van der Waals surface area contributed by atoms with E-state index in [0.29, 0.717) is 82.2 Å². The van der Waals surface area contributed by atoms with Crippen molar-refractivity contribution in [2.45, 2.75) is 110 Å². The summed E-state index contributed by atoms with van der Waals surface area (Å²) in [6, 6.07) is 7.22. The Hall–Kier alpha value is -5.43. The maximum Gasteiger partial charge on any atom is 0.264 e. The maximum absolute atomic E-state index is 14.6. The van der Waals surface area contributed by atoms with Gasteiger partial charge in [0.15, 0.2) is 6.29 Å². The number of likely N-dealkylation sites (N-methyl/N-ethyl adjacent to an activating group) is 2. The highest BCUT2D eigenvalue weighted by Gasteiger charge is 2.29. The second-order valence-electron chi connectivity index (χ2n) is 16.7. The van der Waals surface area contributed by atoms with Crippen LogP contribution in [0.2, 0.25) is 0 Å². The Morgan fingerprint density at radius 3 is 2.29 bits per heavy atom. The van der Waals surface area contributed by atoms with E-state index in [9.17, 15) is 33.1 Å². The number of rotatable bonds is 28. The largest absolute Gasteiger partial charge is 0.391 e. The normalized spacial score (nSPS) is 15.0. The molecule has 2 aliphatic heterocycles. The Balaban J connectivity index is 0.00000352. The lowest BCUT2D eigenvalue weighted by Crippen LogP contribution is -2.46. The molecule has 0 bridgehead atoms. The first kappa shape index (κ1) is 64.6. The number of aryl methyl sites for hydroxylation is 1. The zero-order chi connectivity index (χ0) is 54.2. The SMILES string of the molecule is C=O.CC.CCCc1cc(C2=CN(C)NC2)c(C(F)F)cc1NC(N)/C(CNC)=C(/CCNC)NC1CCN(C(=O)CCOOONc2cccc(C=O)c2C(=O)N(C)C(CCC=O)C(C)O)CC1.CNC. The van der Waals surface area contributed by atoms with Gasteiger partial charge in [0.25, 0.3) is 12.3 Å². The van der Waals surface area contributed by atoms with Crippen LogP contribution in [0.5, 0.6) is 0 Å². The maximum atomic E-state index is 14.6. The van der Waals surface area contributed by atoms with Crippen molar-refractivity contribution in [3.05, 3.63) is 75.6 Å². The molecule has 0 saturated carbocycles. The van der Waals surface area contributed by atoms with E-state index < -0.39 is 30.6 Å². The number of amides is 2. The summed E-state index contributed by atoms with van der Waals surface area (Å²) in [6.07, 6.45) is 2.55. The van der Waals surface area contributed by atoms with Gasteiger partial charge in [-0.15, -0.1) is 0 Å². The van der Waals surface area contributed by atoms with Crippen LogP contribution in [0.1, 0.15) is 116 Å². The van der Waals surface area contributed by atoms with Gasteiger partial charge in [-0.3, -0.25) is 14.4 Å². The van der Waals surface area contributed by atoms with Gasteiger partial charge in [0.05, 0.1) is 42.6 Å². The van der Waals surface area contributed by atoms with Crippen LogP contribution in [0.4, 0.5) is 20.2 Å². The molecule has 0 aromatic heterocycles. The number of carbonyl (C=O) groups excluding carboxylic acids is 5. The molecule has 4 rings (SSSR count). The Morgan fingerprint density at radius 2 is 1.74 bits per heavy atom. The van der Waals surface area contributed by atoms with Gasteiger partial charge >= 0.3 is 0 Å². The van der Waals surface area contributed by atoms with Crippen LogP contribution in [0.25, 0.3) is 5.57 Å². The van der Waals surface area contributed by atoms with Crippen molar-refractivity contribution in [1.82, 2.24) is 41.5 Å². The summed E-state index contributed by atoms with van der Waals surface area (Å²) >= 11 is 0. The lowest BCUT2D eigenvalue weighted by atomic mass is 9.94. The third-order valence-electron chi connectivity index (χ3n) is 11.6. The van der Waals surface area contributed by atoms with E-state index in [2.05, 4.69) is 44.4 Å². The summed E-state index contributed by atoms with van der Waals surface area (Å²) in [7, 11) is 10.8. The molecule has 10 N–H and O–H groups in total. The molecule has 1 saturated heterocycles. The number of anilines is 2. The van der Waals surface area contributed by atoms with Crippen LogP contribution in [0.3, 0.4) is 0 Å². The van der Waals surface area contributed by atoms with Crippen molar-refractivity contribution < 1.29 is 52.8 Å². The molecule has 2 heterocycles. The third kappa shape index (κ3) is 20.6. The number of aliphatic hydroxyl groups is 1. The Morgan fingerprint density at radius 1 is 1.06 bits per heavy atom. The van der Waals surface area contributed by atoms with Crippen molar-refractivity contribution in [3.63, 3.8) is 0 Å². The van der Waals surface area contributed by atoms with Crippen LogP contribution >= 0.6 is 0 Å². The average Bonchev–Trinajstić information content (AvgIpc) is 3.82. The number of alkyl halides is 2. The monoisotopic (exact) mass is 1020 g/mol. The third-order valence-corrected chi connectivity index (χ3v) is 11.6. The van der Waals surface area contributed by atoms with Gasteiger partial charge in [0, 0.05) is 88.0 Å². The molecule has 2 aromatic rings. The van der Waals surface area contributed by atoms with E-state index in [4.69, 9.17) is 25.4 Å². The zero-order valence-electron chi connectivity index (χ0n) is 44.0. The predicted octanol–water partition coefficient (Wildman–Crippen LogP) is 4.31. The van der Waals surface area contributed by atoms with Gasteiger partial charge in [-0.05, 0) is 113 Å². The molecule has 22 heteroatoms. The van der Waals surface area contributed by atoms with Crippen molar-refractivity contribution in [3.8, 4) is 0 Å². The lowest BCUT2D eigenvalue weighted by molar-refractivity contribution is -0.501. The number of aldehydes is 2. The highest BCUT2D eigenvalue weighted by molar-refractivity contribution is 6.06. The summed E-state index contributed by atoms with van der Waals surface area (Å²) < 4.78 is 29.1. The summed E-state index contributed by atoms with van der Waals surface area (Å²) in [6.45, 7) is 12.0. The molecule has 2 amide bonds. The minimum absolute atomic E-state index is 0.00188. The smallest absolute Gasteiger partial charge is 0.264 e. The van der Waals surface area contributed by atoms with Gasteiger partial charge in [0.2, 0.25) is 5.91 Å². The van der Waals surface area contributed by atoms with E-state index >= 15 is 0 Å². The zero-order valence-corrected chi connectivity index (χ0v) is 44.0. The van der Waals surface area contributed by atoms with Crippen LogP contribution in [-0.4, -0.2) is 157 Å². The highest BCUT2D eigenvalue weighted by atomic mass is 19.3. The first-order valence-electron chi connectivity index (χ1n) is 24.4. The van der Waals surface area contributed by atoms with Crippen LogP contribution in [0, 0.1) is 0 Å². The second-order valence-corrected chi connectivity index (χ2v) is 16.7. The second kappa shape index (κ2) is 36.5. The standard InChI is InChI=1S/C45H68F2N10O8.C2H7N.C2H6.CH2O/c1-7-10-30-23-34(32-25-51-55(5)27-32)35(43(46)47)24-39(30)53-44(48)36(26-50-4)37(14-18-49-3)52-33-15-19-57(20-16-33)41(61)17-22-63-65-64-54-38-12-8-11-31(28-59)42(38)45(62)56(6)40(29(2)60)13-9-21-58;1-3-2;2*1-2/h8,11-12,21,23-24,27-29,33,40,43-44,49-54,60H,7,9-10,13-20,22,25-26,48H2,1-6H3;3H,1-2H3;1-2H3;1H2/b37-36-;;;. The van der Waals surface area contributed by atoms with Crippen LogP contribution in [-0.2, 0) is 35.7 Å². The topological polar surface area (TPSA) is 253 Å². The molecule has 72 heavy (non-hydrogen) atoms. The minimum Gasteiger partial charge on any atom is -0.391 e. The molecule has 0 aliphatic carbocycles. The van der Waals surface area contributed by atoms with Crippen molar-refractivity contribution in [1.29, 1.82) is 0 Å². The summed E-state index contributed by atoms with van der Waals surface area (Å²) in [4.78, 5) is 70.5. The van der Waals surface area contributed by atoms with Gasteiger partial charge in [-0.2, -0.15) is 0 Å². The molecule has 0 radical (unpaired) electrons. The van der Waals surface area contributed by atoms with Crippen LogP contribution in [0.15, 0.2) is 47.8 Å². The van der Waals surface area contributed by atoms with Crippen molar-refractivity contribution >= 4 is 48.1 Å². The number of hydrogen-bond donors (Lipinski definition) is 9. The molecule has 2 aliphatic rings. The molecule has 3 atom stereocenters. The molecular formula is C50H83F2N11O9. The number of hydrogen-bond acceptors (Lipinski definition) is 18. The fourth-order valence-electron chi connectivity index (χ4n) is 8.10. The summed E-state index contributed by atoms with van der Waals surface area (Å²) in [5, 5.41) is 33.1. The van der Waals surface area contributed by atoms with E-state index in [1.807, 2.05) is 68.1 Å². The van der Waals surface area contributed by atoms with Gasteiger partial charge in [-0.25, -0.2) is 24.6 Å². The fraction of sp³-hybridized carbons (Fsp3) is 0.580. The van der Waals surface area contributed by atoms with Crippen molar-refractivity contribution in [2.75, 3.05) is 92.4 Å². The van der Waals surface area contributed by atoms with E-state index in [0.717, 1.165) is 28.8 Å². The Bertz CT molecular complexity index is 1990. The Kier molecular flexibility index (Phi) is 32.7. The van der Waals surface area contributed by atoms with Crippen molar-refractivity contribution in [2.24, 2.45) is 5.73 Å². The molecule has 3 unspecified atom stereocenters. The number of hydrazine groups is 1. The number of nitrogens with two attached hydrogens (primary N) is 1. The summed E-state index contributed by atoms with van der Waals surface area (Å²) in [5.41, 5.74) is 17.2. The van der Waals surface area contributed by atoms with Gasteiger partial charge in [-0.1, -0.05) is 44.3 Å². The lowest BCUT2D eigenvalue weighted by Gasteiger charge is -2.35. The number of nitrogens with one attached hydrogen (secondary N) is 7. The number of benzene rings is 2. The van der Waals surface area contributed by atoms with E-state index in [1.165, 1.54) is 37.1 Å².